The van der Waals surface area contributed by atoms with Gasteiger partial charge in [0, 0.05) is 12.1 Å². The Morgan fingerprint density at radius 3 is 2.62 bits per heavy atom. The van der Waals surface area contributed by atoms with Crippen molar-refractivity contribution in [2.75, 3.05) is 6.54 Å². The maximum absolute atomic E-state index is 12.9. The summed E-state index contributed by atoms with van der Waals surface area (Å²) in [6.07, 6.45) is 6.12. The minimum absolute atomic E-state index is 0.194. The average Bonchev–Trinajstić information content (AvgIpc) is 3.16. The van der Waals surface area contributed by atoms with E-state index in [-0.39, 0.29) is 23.8 Å². The van der Waals surface area contributed by atoms with Gasteiger partial charge in [-0.2, -0.15) is 0 Å². The molecule has 1 aliphatic carbocycles. The Morgan fingerprint density at radius 1 is 1.35 bits per heavy atom. The molecular weight excluding hydrogens is 334 g/mol. The number of furan rings is 1. The second-order valence-electron chi connectivity index (χ2n) is 8.45. The molecule has 0 atom stereocenters. The predicted molar refractivity (Wildman–Crippen MR) is 94.9 cm³/mol. The minimum Gasteiger partial charge on any atom is -0.472 e. The number of carbonyl (C=O) groups excluding carboxylic acids is 3. The van der Waals surface area contributed by atoms with Crippen molar-refractivity contribution in [3.8, 4) is 0 Å². The number of nitrogens with zero attached hydrogens (tertiary/aromatic N) is 1. The molecule has 7 heteroatoms. The molecule has 1 spiro atoms. The Hall–Kier alpha value is -2.31. The van der Waals surface area contributed by atoms with Gasteiger partial charge in [-0.15, -0.1) is 0 Å². The smallest absolute Gasteiger partial charge is 0.325 e. The fourth-order valence-electron chi connectivity index (χ4n) is 3.93. The van der Waals surface area contributed by atoms with Gasteiger partial charge in [0.15, 0.2) is 0 Å². The lowest BCUT2D eigenvalue weighted by atomic mass is 9.67. The minimum atomic E-state index is -0.830. The summed E-state index contributed by atoms with van der Waals surface area (Å²) in [4.78, 5) is 38.3. The molecule has 1 aromatic rings. The van der Waals surface area contributed by atoms with E-state index in [2.05, 4.69) is 31.4 Å². The first kappa shape index (κ1) is 18.5. The summed E-state index contributed by atoms with van der Waals surface area (Å²) >= 11 is 0. The van der Waals surface area contributed by atoms with Crippen molar-refractivity contribution in [1.29, 1.82) is 0 Å². The van der Waals surface area contributed by atoms with Crippen molar-refractivity contribution in [2.45, 2.75) is 58.5 Å². The standard InChI is InChI=1S/C19H27N3O4/c1-18(2,3)14-4-7-19(8-5-14)16(24)22(17(25)21-19)11-15(23)20-10-13-6-9-26-12-13/h6,9,12,14H,4-5,7-8,10-11H2,1-3H3,(H,20,23)(H,21,25). The molecule has 1 aliphatic heterocycles. The summed E-state index contributed by atoms with van der Waals surface area (Å²) in [6.45, 7) is 6.68. The monoisotopic (exact) mass is 361 g/mol. The van der Waals surface area contributed by atoms with Crippen LogP contribution < -0.4 is 10.6 Å². The van der Waals surface area contributed by atoms with E-state index in [1.807, 2.05) is 0 Å². The lowest BCUT2D eigenvalue weighted by molar-refractivity contribution is -0.136. The lowest BCUT2D eigenvalue weighted by Crippen LogP contribution is -2.51. The predicted octanol–water partition coefficient (Wildman–Crippen LogP) is 2.42. The van der Waals surface area contributed by atoms with Crippen molar-refractivity contribution in [3.63, 3.8) is 0 Å². The van der Waals surface area contributed by atoms with Crippen LogP contribution in [0, 0.1) is 11.3 Å². The maximum atomic E-state index is 12.9. The van der Waals surface area contributed by atoms with Gasteiger partial charge in [0.05, 0.1) is 12.5 Å². The van der Waals surface area contributed by atoms with Gasteiger partial charge in [0.25, 0.3) is 5.91 Å². The van der Waals surface area contributed by atoms with Crippen LogP contribution >= 0.6 is 0 Å². The van der Waals surface area contributed by atoms with E-state index in [1.54, 1.807) is 6.07 Å². The largest absolute Gasteiger partial charge is 0.472 e. The third-order valence-electron chi connectivity index (χ3n) is 5.68. The highest BCUT2D eigenvalue weighted by Gasteiger charge is 2.53. The Balaban J connectivity index is 1.58. The van der Waals surface area contributed by atoms with E-state index in [0.29, 0.717) is 25.3 Å². The Labute approximate surface area is 153 Å². The van der Waals surface area contributed by atoms with Crippen LogP contribution in [0.15, 0.2) is 23.0 Å². The second kappa shape index (κ2) is 6.78. The van der Waals surface area contributed by atoms with Gasteiger partial charge in [-0.05, 0) is 43.1 Å². The van der Waals surface area contributed by atoms with E-state index in [4.69, 9.17) is 4.42 Å². The third kappa shape index (κ3) is 3.61. The van der Waals surface area contributed by atoms with Crippen LogP contribution in [0.5, 0.6) is 0 Å². The van der Waals surface area contributed by atoms with Crippen LogP contribution in [0.4, 0.5) is 4.79 Å². The van der Waals surface area contributed by atoms with E-state index in [9.17, 15) is 14.4 Å². The first-order valence-corrected chi connectivity index (χ1v) is 9.13. The number of imide groups is 1. The Morgan fingerprint density at radius 2 is 2.04 bits per heavy atom. The SMILES string of the molecule is CC(C)(C)C1CCC2(CC1)NC(=O)N(CC(=O)NCc1ccoc1)C2=O. The number of rotatable bonds is 4. The molecule has 0 bridgehead atoms. The fraction of sp³-hybridized carbons (Fsp3) is 0.632. The van der Waals surface area contributed by atoms with E-state index < -0.39 is 11.6 Å². The molecule has 1 saturated heterocycles. The first-order chi connectivity index (χ1) is 12.2. The molecule has 4 amide bonds. The number of amides is 4. The average molecular weight is 361 g/mol. The van der Waals surface area contributed by atoms with Gasteiger partial charge >= 0.3 is 6.03 Å². The van der Waals surface area contributed by atoms with Crippen molar-refractivity contribution >= 4 is 17.8 Å². The normalized spacial score (nSPS) is 26.3. The summed E-state index contributed by atoms with van der Waals surface area (Å²) in [6, 6.07) is 1.28. The van der Waals surface area contributed by atoms with Crippen LogP contribution in [0.3, 0.4) is 0 Å². The van der Waals surface area contributed by atoms with Gasteiger partial charge < -0.3 is 15.1 Å². The highest BCUT2D eigenvalue weighted by Crippen LogP contribution is 2.43. The highest BCUT2D eigenvalue weighted by molar-refractivity contribution is 6.09. The van der Waals surface area contributed by atoms with E-state index >= 15 is 0 Å². The number of hydrogen-bond acceptors (Lipinski definition) is 4. The molecule has 0 aromatic carbocycles. The van der Waals surface area contributed by atoms with Crippen LogP contribution in [0.25, 0.3) is 0 Å². The molecule has 7 nitrogen and oxygen atoms in total. The Kier molecular flexibility index (Phi) is 4.82. The van der Waals surface area contributed by atoms with Crippen LogP contribution in [0.2, 0.25) is 0 Å². The Bertz CT molecular complexity index is 682. The van der Waals surface area contributed by atoms with Crippen molar-refractivity contribution in [1.82, 2.24) is 15.5 Å². The molecule has 1 aromatic heterocycles. The van der Waals surface area contributed by atoms with Gasteiger partial charge in [0.2, 0.25) is 5.91 Å². The maximum Gasteiger partial charge on any atom is 0.325 e. The van der Waals surface area contributed by atoms with Gasteiger partial charge in [-0.25, -0.2) is 4.79 Å². The van der Waals surface area contributed by atoms with Crippen LogP contribution in [-0.2, 0) is 16.1 Å². The number of hydrogen-bond donors (Lipinski definition) is 2. The molecule has 2 N–H and O–H groups in total. The van der Waals surface area contributed by atoms with E-state index in [0.717, 1.165) is 23.3 Å². The molecule has 142 valence electrons. The number of nitrogens with one attached hydrogen (secondary N) is 2. The summed E-state index contributed by atoms with van der Waals surface area (Å²) in [5, 5.41) is 5.56. The molecular formula is C19H27N3O4. The highest BCUT2D eigenvalue weighted by atomic mass is 16.3. The van der Waals surface area contributed by atoms with Crippen molar-refractivity contribution in [2.24, 2.45) is 11.3 Å². The topological polar surface area (TPSA) is 91.7 Å². The van der Waals surface area contributed by atoms with Crippen LogP contribution in [-0.4, -0.2) is 34.8 Å². The molecule has 1 saturated carbocycles. The van der Waals surface area contributed by atoms with Gasteiger partial charge in [-0.1, -0.05) is 20.8 Å². The van der Waals surface area contributed by atoms with Gasteiger partial charge in [-0.3, -0.25) is 14.5 Å². The van der Waals surface area contributed by atoms with Crippen LogP contribution in [0.1, 0.15) is 52.0 Å². The molecule has 2 fully saturated rings. The molecule has 0 radical (unpaired) electrons. The molecule has 0 unspecified atom stereocenters. The molecule has 2 heterocycles. The first-order valence-electron chi connectivity index (χ1n) is 9.13. The summed E-state index contributed by atoms with van der Waals surface area (Å²) in [5.41, 5.74) is 0.191. The summed E-state index contributed by atoms with van der Waals surface area (Å²) in [5.74, 6) is -0.103. The third-order valence-corrected chi connectivity index (χ3v) is 5.68. The van der Waals surface area contributed by atoms with E-state index in [1.165, 1.54) is 12.5 Å². The lowest BCUT2D eigenvalue weighted by Gasteiger charge is -2.40. The van der Waals surface area contributed by atoms with Gasteiger partial charge in [0.1, 0.15) is 12.1 Å². The zero-order valence-corrected chi connectivity index (χ0v) is 15.6. The summed E-state index contributed by atoms with van der Waals surface area (Å²) in [7, 11) is 0. The molecule has 3 rings (SSSR count). The quantitative estimate of drug-likeness (QED) is 0.806. The number of carbonyl (C=O) groups is 3. The zero-order chi connectivity index (χ0) is 18.9. The fourth-order valence-corrected chi connectivity index (χ4v) is 3.93. The zero-order valence-electron chi connectivity index (χ0n) is 15.6. The molecule has 26 heavy (non-hydrogen) atoms. The number of urea groups is 1. The van der Waals surface area contributed by atoms with Crippen molar-refractivity contribution in [3.05, 3.63) is 24.2 Å². The second-order valence-corrected chi connectivity index (χ2v) is 8.45. The van der Waals surface area contributed by atoms with Crippen molar-refractivity contribution < 1.29 is 18.8 Å². The summed E-state index contributed by atoms with van der Waals surface area (Å²) < 4.78 is 4.94. The molecule has 2 aliphatic rings.